The first-order chi connectivity index (χ1) is 11.1. The number of hydrogen-bond acceptors (Lipinski definition) is 4. The third-order valence-electron chi connectivity index (χ3n) is 4.86. The first kappa shape index (κ1) is 17.2. The summed E-state index contributed by atoms with van der Waals surface area (Å²) in [6.07, 6.45) is 1.07. The number of halogens is 1. The predicted octanol–water partition coefficient (Wildman–Crippen LogP) is 0.758. The Balaban J connectivity index is 1.88. The molecule has 1 amide bonds. The van der Waals surface area contributed by atoms with Crippen LogP contribution in [-0.2, 0) is 14.8 Å². The molecule has 2 fully saturated rings. The minimum atomic E-state index is -3.47. The molecule has 0 bridgehead atoms. The molecule has 2 saturated heterocycles. The highest BCUT2D eigenvalue weighted by molar-refractivity contribution is 7.88. The molecule has 1 aromatic rings. The lowest BCUT2D eigenvalue weighted by Crippen LogP contribution is -2.42. The van der Waals surface area contributed by atoms with Gasteiger partial charge < -0.3 is 10.0 Å². The van der Waals surface area contributed by atoms with Gasteiger partial charge in [-0.15, -0.1) is 0 Å². The van der Waals surface area contributed by atoms with Gasteiger partial charge in [0.15, 0.2) is 0 Å². The summed E-state index contributed by atoms with van der Waals surface area (Å²) in [6, 6.07) is 6.59. The summed E-state index contributed by atoms with van der Waals surface area (Å²) in [5.41, 5.74) is -0.945. The van der Waals surface area contributed by atoms with Crippen molar-refractivity contribution in [2.24, 2.45) is 11.3 Å². The molecule has 0 aromatic heterocycles. The van der Waals surface area contributed by atoms with Gasteiger partial charge >= 0.3 is 5.97 Å². The molecule has 0 radical (unpaired) electrons. The van der Waals surface area contributed by atoms with Crippen LogP contribution in [0.25, 0.3) is 0 Å². The van der Waals surface area contributed by atoms with E-state index in [0.29, 0.717) is 10.6 Å². The SMILES string of the molecule is CS(=O)(=O)N1C[C@H]2CN(C(=O)c3ccccc3Cl)C[C@@]2(C(=O)O)C1. The van der Waals surface area contributed by atoms with E-state index in [1.807, 2.05) is 0 Å². The highest BCUT2D eigenvalue weighted by Crippen LogP contribution is 2.44. The zero-order valence-corrected chi connectivity index (χ0v) is 14.5. The Morgan fingerprint density at radius 2 is 1.92 bits per heavy atom. The van der Waals surface area contributed by atoms with Crippen LogP contribution < -0.4 is 0 Å². The standard InChI is InChI=1S/C15H17ClN2O5S/c1-24(22,23)18-7-10-6-17(8-15(10,9-18)14(20)21)13(19)11-4-2-3-5-12(11)16/h2-5,10H,6-9H2,1H3,(H,20,21)/t10-,15-/m1/s1. The maximum atomic E-state index is 12.7. The van der Waals surface area contributed by atoms with Gasteiger partial charge in [0.05, 0.1) is 16.8 Å². The Morgan fingerprint density at radius 3 is 2.46 bits per heavy atom. The van der Waals surface area contributed by atoms with Crippen LogP contribution in [0.3, 0.4) is 0 Å². The zero-order chi connectivity index (χ0) is 17.7. The quantitative estimate of drug-likeness (QED) is 0.845. The summed E-state index contributed by atoms with van der Waals surface area (Å²) in [4.78, 5) is 26.0. The molecule has 3 rings (SSSR count). The van der Waals surface area contributed by atoms with E-state index in [9.17, 15) is 23.1 Å². The molecular weight excluding hydrogens is 356 g/mol. The number of fused-ring (bicyclic) bond motifs is 1. The molecule has 2 heterocycles. The van der Waals surface area contributed by atoms with Gasteiger partial charge in [-0.1, -0.05) is 23.7 Å². The molecule has 9 heteroatoms. The third-order valence-corrected chi connectivity index (χ3v) is 6.41. The summed E-state index contributed by atoms with van der Waals surface area (Å²) in [6.45, 7) is 0.168. The highest BCUT2D eigenvalue weighted by atomic mass is 35.5. The number of nitrogens with zero attached hydrogens (tertiary/aromatic N) is 2. The van der Waals surface area contributed by atoms with E-state index >= 15 is 0 Å². The van der Waals surface area contributed by atoms with Crippen LogP contribution in [0.2, 0.25) is 5.02 Å². The molecule has 24 heavy (non-hydrogen) atoms. The molecular formula is C15H17ClN2O5S. The molecule has 0 unspecified atom stereocenters. The number of likely N-dealkylation sites (tertiary alicyclic amines) is 1. The second-order valence-corrected chi connectivity index (χ2v) is 8.77. The van der Waals surface area contributed by atoms with Gasteiger partial charge in [-0.05, 0) is 12.1 Å². The smallest absolute Gasteiger partial charge is 0.313 e. The summed E-state index contributed by atoms with van der Waals surface area (Å²) in [5.74, 6) is -1.84. The molecule has 1 aromatic carbocycles. The van der Waals surface area contributed by atoms with E-state index in [1.165, 1.54) is 9.21 Å². The summed E-state index contributed by atoms with van der Waals surface area (Å²) >= 11 is 6.05. The van der Waals surface area contributed by atoms with E-state index in [4.69, 9.17) is 11.6 Å². The Labute approximate surface area is 144 Å². The number of sulfonamides is 1. The summed E-state index contributed by atoms with van der Waals surface area (Å²) in [5, 5.41) is 10.0. The minimum absolute atomic E-state index is 0.0247. The van der Waals surface area contributed by atoms with Crippen molar-refractivity contribution in [1.29, 1.82) is 0 Å². The van der Waals surface area contributed by atoms with Crippen molar-refractivity contribution in [1.82, 2.24) is 9.21 Å². The van der Waals surface area contributed by atoms with Gasteiger partial charge in [-0.25, -0.2) is 12.7 Å². The normalized spacial score (nSPS) is 27.2. The fourth-order valence-electron chi connectivity index (χ4n) is 3.53. The molecule has 0 aliphatic carbocycles. The predicted molar refractivity (Wildman–Crippen MR) is 87.3 cm³/mol. The first-order valence-corrected chi connectivity index (χ1v) is 9.60. The van der Waals surface area contributed by atoms with Gasteiger partial charge in [0.1, 0.15) is 5.41 Å². The molecule has 2 aliphatic rings. The largest absolute Gasteiger partial charge is 0.481 e. The number of carbonyl (C=O) groups excluding carboxylic acids is 1. The van der Waals surface area contributed by atoms with E-state index in [-0.39, 0.29) is 32.1 Å². The number of amides is 1. The Kier molecular flexibility index (Phi) is 4.09. The maximum Gasteiger partial charge on any atom is 0.313 e. The van der Waals surface area contributed by atoms with Crippen LogP contribution in [-0.4, -0.2) is 67.0 Å². The van der Waals surface area contributed by atoms with Gasteiger partial charge in [0.25, 0.3) is 5.91 Å². The van der Waals surface area contributed by atoms with Crippen LogP contribution in [0.15, 0.2) is 24.3 Å². The average Bonchev–Trinajstić information content (AvgIpc) is 3.01. The molecule has 0 saturated carbocycles. The number of hydrogen-bond donors (Lipinski definition) is 1. The van der Waals surface area contributed by atoms with Crippen LogP contribution in [0.4, 0.5) is 0 Å². The van der Waals surface area contributed by atoms with Crippen molar-refractivity contribution < 1.29 is 23.1 Å². The zero-order valence-electron chi connectivity index (χ0n) is 13.0. The van der Waals surface area contributed by atoms with Crippen LogP contribution in [0, 0.1) is 11.3 Å². The van der Waals surface area contributed by atoms with Crippen LogP contribution in [0.1, 0.15) is 10.4 Å². The first-order valence-electron chi connectivity index (χ1n) is 7.37. The third kappa shape index (κ3) is 2.68. The van der Waals surface area contributed by atoms with Gasteiger partial charge in [0.2, 0.25) is 10.0 Å². The summed E-state index contributed by atoms with van der Waals surface area (Å²) < 4.78 is 24.7. The second-order valence-electron chi connectivity index (χ2n) is 6.38. The number of aliphatic carboxylic acids is 1. The van der Waals surface area contributed by atoms with Crippen molar-refractivity contribution in [3.63, 3.8) is 0 Å². The van der Waals surface area contributed by atoms with E-state index < -0.39 is 27.3 Å². The molecule has 2 aliphatic heterocycles. The van der Waals surface area contributed by atoms with E-state index in [0.717, 1.165) is 6.26 Å². The van der Waals surface area contributed by atoms with Crippen molar-refractivity contribution in [2.45, 2.75) is 0 Å². The monoisotopic (exact) mass is 372 g/mol. The van der Waals surface area contributed by atoms with Crippen molar-refractivity contribution >= 4 is 33.5 Å². The van der Waals surface area contributed by atoms with Gasteiger partial charge in [-0.3, -0.25) is 9.59 Å². The second kappa shape index (κ2) is 5.72. The molecule has 0 spiro atoms. The number of carbonyl (C=O) groups is 2. The lowest BCUT2D eigenvalue weighted by molar-refractivity contribution is -0.148. The number of carboxylic acids is 1. The maximum absolute atomic E-state index is 12.7. The number of rotatable bonds is 3. The number of carboxylic acid groups (broad SMARTS) is 1. The van der Waals surface area contributed by atoms with E-state index in [2.05, 4.69) is 0 Å². The lowest BCUT2D eigenvalue weighted by atomic mass is 9.81. The molecule has 7 nitrogen and oxygen atoms in total. The van der Waals surface area contributed by atoms with Crippen molar-refractivity contribution in [2.75, 3.05) is 32.4 Å². The van der Waals surface area contributed by atoms with Crippen LogP contribution in [0.5, 0.6) is 0 Å². The minimum Gasteiger partial charge on any atom is -0.481 e. The number of benzene rings is 1. The van der Waals surface area contributed by atoms with Crippen LogP contribution >= 0.6 is 11.6 Å². The fraction of sp³-hybridized carbons (Fsp3) is 0.467. The Bertz CT molecular complexity index is 812. The van der Waals surface area contributed by atoms with E-state index in [1.54, 1.807) is 24.3 Å². The van der Waals surface area contributed by atoms with Crippen molar-refractivity contribution in [3.8, 4) is 0 Å². The molecule has 1 N–H and O–H groups in total. The molecule has 130 valence electrons. The Hall–Kier alpha value is -1.64. The average molecular weight is 373 g/mol. The lowest BCUT2D eigenvalue weighted by Gasteiger charge is -2.24. The van der Waals surface area contributed by atoms with Gasteiger partial charge in [-0.2, -0.15) is 0 Å². The van der Waals surface area contributed by atoms with Crippen molar-refractivity contribution in [3.05, 3.63) is 34.9 Å². The topological polar surface area (TPSA) is 95.0 Å². The summed E-state index contributed by atoms with van der Waals surface area (Å²) in [7, 11) is -3.47. The van der Waals surface area contributed by atoms with Gasteiger partial charge in [0, 0.05) is 32.1 Å². The Morgan fingerprint density at radius 1 is 1.25 bits per heavy atom. The fourth-order valence-corrected chi connectivity index (χ4v) is 4.67. The highest BCUT2D eigenvalue weighted by Gasteiger charge is 2.60. The molecule has 2 atom stereocenters.